The Hall–Kier alpha value is -3.28. The highest BCUT2D eigenvalue weighted by atomic mass is 19.1. The third-order valence-corrected chi connectivity index (χ3v) is 5.82. The molecule has 5 nitrogen and oxygen atoms in total. The number of rotatable bonds is 5. The summed E-state index contributed by atoms with van der Waals surface area (Å²) in [4.78, 5) is 6.13. The van der Waals surface area contributed by atoms with Crippen molar-refractivity contribution in [2.45, 2.75) is 25.9 Å². The van der Waals surface area contributed by atoms with Crippen LogP contribution in [0, 0.1) is 11.7 Å². The number of hydrogen-bond acceptors (Lipinski definition) is 5. The molecule has 6 heteroatoms. The van der Waals surface area contributed by atoms with E-state index in [9.17, 15) is 0 Å². The summed E-state index contributed by atoms with van der Waals surface area (Å²) in [5.74, 6) is 0.755. The number of halogens is 1. The van der Waals surface area contributed by atoms with Crippen LogP contribution in [0.1, 0.15) is 19.8 Å². The second-order valence-electron chi connectivity index (χ2n) is 7.99. The van der Waals surface area contributed by atoms with E-state index in [0.29, 0.717) is 29.6 Å². The van der Waals surface area contributed by atoms with Gasteiger partial charge in [0.25, 0.3) is 0 Å². The molecule has 0 fully saturated rings. The van der Waals surface area contributed by atoms with E-state index in [2.05, 4.69) is 44.9 Å². The molecule has 2 atom stereocenters. The van der Waals surface area contributed by atoms with Crippen LogP contribution >= 0.6 is 0 Å². The molecule has 0 amide bonds. The molecule has 0 bridgehead atoms. The standard InChI is InChI=1S/C24H25FN4O/c1-16-15-29(11-8-17-14-27-22-5-3-2-4-20(17)22)24-21(25)12-19(13-23(24)30-16)28-18-6-9-26-10-7-18/h2-3,5-7,9-10,12-14,16,20,27H,4,8,11,15H2,1H3,(H,26,28). The van der Waals surface area contributed by atoms with Gasteiger partial charge < -0.3 is 20.3 Å². The summed E-state index contributed by atoms with van der Waals surface area (Å²) >= 11 is 0. The zero-order chi connectivity index (χ0) is 20.5. The van der Waals surface area contributed by atoms with Gasteiger partial charge in [-0.15, -0.1) is 0 Å². The molecule has 1 aromatic heterocycles. The lowest BCUT2D eigenvalue weighted by Crippen LogP contribution is -2.39. The highest BCUT2D eigenvalue weighted by Crippen LogP contribution is 2.40. The van der Waals surface area contributed by atoms with Crippen molar-refractivity contribution >= 4 is 17.1 Å². The maximum absolute atomic E-state index is 15.2. The molecule has 0 spiro atoms. The maximum atomic E-state index is 15.2. The van der Waals surface area contributed by atoms with Gasteiger partial charge in [-0.25, -0.2) is 4.39 Å². The number of benzene rings is 1. The molecule has 154 valence electrons. The number of fused-ring (bicyclic) bond motifs is 2. The number of allylic oxidation sites excluding steroid dienone is 4. The number of anilines is 3. The normalized spacial score (nSPS) is 21.7. The largest absolute Gasteiger partial charge is 0.487 e. The number of aromatic nitrogens is 1. The van der Waals surface area contributed by atoms with Gasteiger partial charge in [0, 0.05) is 54.2 Å². The van der Waals surface area contributed by atoms with Crippen molar-refractivity contribution in [3.8, 4) is 5.75 Å². The summed E-state index contributed by atoms with van der Waals surface area (Å²) in [6.45, 7) is 3.46. The molecule has 3 aliphatic rings. The molecule has 5 rings (SSSR count). The highest BCUT2D eigenvalue weighted by Gasteiger charge is 2.29. The van der Waals surface area contributed by atoms with E-state index >= 15 is 4.39 Å². The zero-order valence-corrected chi connectivity index (χ0v) is 16.9. The van der Waals surface area contributed by atoms with Crippen molar-refractivity contribution in [1.82, 2.24) is 10.3 Å². The monoisotopic (exact) mass is 404 g/mol. The van der Waals surface area contributed by atoms with Crippen LogP contribution in [-0.2, 0) is 0 Å². The third-order valence-electron chi connectivity index (χ3n) is 5.82. The molecule has 2 aromatic rings. The maximum Gasteiger partial charge on any atom is 0.152 e. The minimum absolute atomic E-state index is 0.00294. The Morgan fingerprint density at radius 3 is 3.00 bits per heavy atom. The van der Waals surface area contributed by atoms with E-state index < -0.39 is 0 Å². The van der Waals surface area contributed by atoms with Crippen LogP contribution in [0.15, 0.2) is 72.4 Å². The lowest BCUT2D eigenvalue weighted by molar-refractivity contribution is 0.211. The fourth-order valence-corrected chi connectivity index (χ4v) is 4.42. The lowest BCUT2D eigenvalue weighted by atomic mass is 9.90. The predicted octanol–water partition coefficient (Wildman–Crippen LogP) is 4.89. The molecule has 2 N–H and O–H groups in total. The fourth-order valence-electron chi connectivity index (χ4n) is 4.42. The Balaban J connectivity index is 1.34. The molecule has 0 saturated carbocycles. The van der Waals surface area contributed by atoms with Crippen molar-refractivity contribution < 1.29 is 9.13 Å². The summed E-state index contributed by atoms with van der Waals surface area (Å²) < 4.78 is 21.2. The summed E-state index contributed by atoms with van der Waals surface area (Å²) in [5, 5.41) is 6.61. The van der Waals surface area contributed by atoms with E-state index in [4.69, 9.17) is 4.74 Å². The average molecular weight is 404 g/mol. The van der Waals surface area contributed by atoms with E-state index in [-0.39, 0.29) is 11.9 Å². The van der Waals surface area contributed by atoms with Crippen molar-refractivity contribution in [3.63, 3.8) is 0 Å². The van der Waals surface area contributed by atoms with E-state index in [1.807, 2.05) is 25.1 Å². The van der Waals surface area contributed by atoms with Gasteiger partial charge in [-0.3, -0.25) is 4.98 Å². The number of pyridine rings is 1. The van der Waals surface area contributed by atoms with E-state index in [0.717, 1.165) is 25.1 Å². The summed E-state index contributed by atoms with van der Waals surface area (Å²) in [6, 6.07) is 7.11. The highest BCUT2D eigenvalue weighted by molar-refractivity contribution is 5.70. The van der Waals surface area contributed by atoms with Crippen LogP contribution in [0.3, 0.4) is 0 Å². The number of hydrogen-bond donors (Lipinski definition) is 2. The summed E-state index contributed by atoms with van der Waals surface area (Å²) in [6.07, 6.45) is 13.9. The van der Waals surface area contributed by atoms with Crippen LogP contribution in [0.5, 0.6) is 5.75 Å². The molecule has 1 aromatic carbocycles. The predicted molar refractivity (Wildman–Crippen MR) is 117 cm³/mol. The first-order valence-corrected chi connectivity index (χ1v) is 10.4. The number of nitrogens with zero attached hydrogens (tertiary/aromatic N) is 2. The van der Waals surface area contributed by atoms with Gasteiger partial charge in [0.15, 0.2) is 5.82 Å². The van der Waals surface area contributed by atoms with Gasteiger partial charge in [-0.1, -0.05) is 12.2 Å². The van der Waals surface area contributed by atoms with Gasteiger partial charge in [-0.05, 0) is 49.6 Å². The van der Waals surface area contributed by atoms with Crippen LogP contribution in [-0.4, -0.2) is 24.2 Å². The van der Waals surface area contributed by atoms with Crippen LogP contribution in [0.2, 0.25) is 0 Å². The van der Waals surface area contributed by atoms with Crippen molar-refractivity contribution in [1.29, 1.82) is 0 Å². The van der Waals surface area contributed by atoms with Gasteiger partial charge >= 0.3 is 0 Å². The van der Waals surface area contributed by atoms with Gasteiger partial charge in [-0.2, -0.15) is 0 Å². The zero-order valence-electron chi connectivity index (χ0n) is 16.9. The molecular weight excluding hydrogens is 379 g/mol. The average Bonchev–Trinajstić information content (AvgIpc) is 3.15. The minimum atomic E-state index is -0.268. The molecule has 1 aliphatic carbocycles. The van der Waals surface area contributed by atoms with Gasteiger partial charge in [0.2, 0.25) is 0 Å². The van der Waals surface area contributed by atoms with E-state index in [1.165, 1.54) is 17.3 Å². The Bertz CT molecular complexity index is 1030. The molecule has 2 aliphatic heterocycles. The quantitative estimate of drug-likeness (QED) is 0.743. The number of ether oxygens (including phenoxy) is 1. The molecule has 0 saturated heterocycles. The smallest absolute Gasteiger partial charge is 0.152 e. The molecule has 3 heterocycles. The fraction of sp³-hybridized carbons (Fsp3) is 0.292. The second kappa shape index (κ2) is 7.86. The second-order valence-corrected chi connectivity index (χ2v) is 7.99. The minimum Gasteiger partial charge on any atom is -0.487 e. The summed E-state index contributed by atoms with van der Waals surface area (Å²) in [5.41, 5.74) is 4.72. The molecule has 2 unspecified atom stereocenters. The van der Waals surface area contributed by atoms with E-state index in [1.54, 1.807) is 12.4 Å². The van der Waals surface area contributed by atoms with Crippen molar-refractivity contribution in [2.75, 3.05) is 23.3 Å². The third kappa shape index (κ3) is 3.65. The Morgan fingerprint density at radius 2 is 2.13 bits per heavy atom. The van der Waals surface area contributed by atoms with Crippen molar-refractivity contribution in [2.24, 2.45) is 5.92 Å². The Morgan fingerprint density at radius 1 is 1.27 bits per heavy atom. The Labute approximate surface area is 176 Å². The summed E-state index contributed by atoms with van der Waals surface area (Å²) in [7, 11) is 0. The molecular formula is C24H25FN4O. The number of nitrogens with one attached hydrogen (secondary N) is 2. The molecule has 0 radical (unpaired) electrons. The molecule has 30 heavy (non-hydrogen) atoms. The first-order chi connectivity index (χ1) is 14.7. The van der Waals surface area contributed by atoms with Crippen LogP contribution in [0.25, 0.3) is 0 Å². The van der Waals surface area contributed by atoms with Crippen molar-refractivity contribution in [3.05, 3.63) is 78.2 Å². The Kier molecular flexibility index (Phi) is 4.91. The first kappa shape index (κ1) is 18.7. The van der Waals surface area contributed by atoms with Gasteiger partial charge in [0.1, 0.15) is 17.5 Å². The lowest BCUT2D eigenvalue weighted by Gasteiger charge is -2.36. The topological polar surface area (TPSA) is 49.4 Å². The first-order valence-electron chi connectivity index (χ1n) is 10.4. The van der Waals surface area contributed by atoms with Crippen LogP contribution < -0.4 is 20.3 Å². The van der Waals surface area contributed by atoms with Crippen LogP contribution in [0.4, 0.5) is 21.5 Å². The SMILES string of the molecule is CC1CN(CCC2=CNC3=CC=CCC23)c2c(F)cc(Nc3ccncc3)cc2O1. The van der Waals surface area contributed by atoms with Gasteiger partial charge in [0.05, 0.1) is 6.54 Å².